The number of aryl methyl sites for hydroxylation is 1. The minimum Gasteiger partial charge on any atom is -0.478 e. The van der Waals surface area contributed by atoms with Crippen LogP contribution in [-0.2, 0) is 0 Å². The highest BCUT2D eigenvalue weighted by molar-refractivity contribution is 7.13. The van der Waals surface area contributed by atoms with Crippen molar-refractivity contribution >= 4 is 39.9 Å². The summed E-state index contributed by atoms with van der Waals surface area (Å²) in [6.07, 6.45) is 1.79. The minimum atomic E-state index is -1.00. The lowest BCUT2D eigenvalue weighted by Gasteiger charge is -2.05. The van der Waals surface area contributed by atoms with Crippen molar-refractivity contribution in [3.05, 3.63) is 82.3 Å². The molecule has 0 aliphatic rings. The summed E-state index contributed by atoms with van der Waals surface area (Å²) >= 11 is 8.15. The van der Waals surface area contributed by atoms with Crippen LogP contribution in [0.25, 0.3) is 32.7 Å². The monoisotopic (exact) mass is 461 g/mol. The van der Waals surface area contributed by atoms with Crippen LogP contribution in [0.1, 0.15) is 15.9 Å². The molecular formula is C24H16ClN3O3S. The van der Waals surface area contributed by atoms with E-state index in [1.54, 1.807) is 42.7 Å². The fourth-order valence-electron chi connectivity index (χ4n) is 3.44. The van der Waals surface area contributed by atoms with Crippen LogP contribution in [0.2, 0.25) is 5.02 Å². The van der Waals surface area contributed by atoms with E-state index in [9.17, 15) is 9.90 Å². The van der Waals surface area contributed by atoms with Gasteiger partial charge in [-0.25, -0.2) is 9.78 Å². The predicted molar refractivity (Wildman–Crippen MR) is 126 cm³/mol. The first-order chi connectivity index (χ1) is 15.5. The van der Waals surface area contributed by atoms with Gasteiger partial charge in [-0.3, -0.25) is 0 Å². The van der Waals surface area contributed by atoms with Gasteiger partial charge >= 0.3 is 5.97 Å². The third-order valence-electron chi connectivity index (χ3n) is 5.08. The molecule has 5 aromatic rings. The zero-order valence-electron chi connectivity index (χ0n) is 16.8. The molecule has 32 heavy (non-hydrogen) atoms. The summed E-state index contributed by atoms with van der Waals surface area (Å²) in [5.74, 6) is -0.619. The number of carboxylic acids is 1. The summed E-state index contributed by atoms with van der Waals surface area (Å²) in [7, 11) is 0. The molecule has 0 fully saturated rings. The second-order valence-corrected chi connectivity index (χ2v) is 8.49. The minimum absolute atomic E-state index is 0.185. The van der Waals surface area contributed by atoms with E-state index in [1.807, 2.05) is 35.7 Å². The number of fused-ring (bicyclic) bond motifs is 1. The van der Waals surface area contributed by atoms with Crippen molar-refractivity contribution in [3.8, 4) is 33.5 Å². The molecule has 0 atom stereocenters. The standard InChI is InChI=1S/C24H16ClN3O3S/c1-13-2-7-16(10-17(13)23(29)30)31-24-27-20-11-18(19(25)12-21(20)28-24)14-3-5-15(6-4-14)22-26-8-9-32-22/h2-12H,1H3,(H,27,28)(H,29,30). The summed E-state index contributed by atoms with van der Waals surface area (Å²) in [5, 5.41) is 12.8. The number of aromatic amines is 1. The zero-order chi connectivity index (χ0) is 22.2. The van der Waals surface area contributed by atoms with Gasteiger partial charge in [0.25, 0.3) is 6.01 Å². The van der Waals surface area contributed by atoms with Crippen molar-refractivity contribution < 1.29 is 14.6 Å². The van der Waals surface area contributed by atoms with Crippen LogP contribution in [0.3, 0.4) is 0 Å². The van der Waals surface area contributed by atoms with Gasteiger partial charge in [-0.05, 0) is 42.3 Å². The number of H-pyrrole nitrogens is 1. The van der Waals surface area contributed by atoms with Gasteiger partial charge in [0.15, 0.2) is 0 Å². The van der Waals surface area contributed by atoms with E-state index >= 15 is 0 Å². The highest BCUT2D eigenvalue weighted by Gasteiger charge is 2.13. The van der Waals surface area contributed by atoms with Gasteiger partial charge in [-0.1, -0.05) is 41.9 Å². The molecule has 2 N–H and O–H groups in total. The first-order valence-corrected chi connectivity index (χ1v) is 10.9. The average molecular weight is 462 g/mol. The van der Waals surface area contributed by atoms with E-state index in [2.05, 4.69) is 15.0 Å². The number of nitrogens with one attached hydrogen (secondary N) is 1. The van der Waals surface area contributed by atoms with Crippen molar-refractivity contribution in [2.75, 3.05) is 0 Å². The van der Waals surface area contributed by atoms with E-state index in [1.165, 1.54) is 6.07 Å². The lowest BCUT2D eigenvalue weighted by molar-refractivity contribution is 0.0695. The Balaban J connectivity index is 1.46. The average Bonchev–Trinajstić information content (AvgIpc) is 3.44. The van der Waals surface area contributed by atoms with Crippen molar-refractivity contribution in [1.29, 1.82) is 0 Å². The molecule has 0 saturated heterocycles. The molecule has 0 spiro atoms. The summed E-state index contributed by atoms with van der Waals surface area (Å²) in [4.78, 5) is 23.3. The number of imidazole rings is 1. The number of rotatable bonds is 5. The molecule has 0 saturated carbocycles. The Bertz CT molecular complexity index is 1440. The number of aromatic nitrogens is 3. The summed E-state index contributed by atoms with van der Waals surface area (Å²) < 4.78 is 5.77. The summed E-state index contributed by atoms with van der Waals surface area (Å²) in [6.45, 7) is 1.74. The Morgan fingerprint density at radius 1 is 1.09 bits per heavy atom. The van der Waals surface area contributed by atoms with Crippen LogP contribution in [0, 0.1) is 6.92 Å². The van der Waals surface area contributed by atoms with Gasteiger partial charge < -0.3 is 14.8 Å². The van der Waals surface area contributed by atoms with E-state index in [0.29, 0.717) is 21.9 Å². The predicted octanol–water partition coefficient (Wildman–Crippen LogP) is 6.81. The molecule has 0 amide bonds. The van der Waals surface area contributed by atoms with Crippen LogP contribution >= 0.6 is 22.9 Å². The number of carbonyl (C=O) groups is 1. The molecule has 3 aromatic carbocycles. The molecule has 0 aliphatic carbocycles. The fraction of sp³-hybridized carbons (Fsp3) is 0.0417. The molecule has 2 heterocycles. The first kappa shape index (κ1) is 20.2. The van der Waals surface area contributed by atoms with Gasteiger partial charge in [0, 0.05) is 22.7 Å². The van der Waals surface area contributed by atoms with Crippen LogP contribution < -0.4 is 4.74 Å². The maximum absolute atomic E-state index is 11.4. The highest BCUT2D eigenvalue weighted by atomic mass is 35.5. The summed E-state index contributed by atoms with van der Waals surface area (Å²) in [5.41, 5.74) is 5.12. The van der Waals surface area contributed by atoms with Crippen LogP contribution in [-0.4, -0.2) is 26.0 Å². The second-order valence-electron chi connectivity index (χ2n) is 7.19. The highest BCUT2D eigenvalue weighted by Crippen LogP contribution is 2.34. The lowest BCUT2D eigenvalue weighted by Crippen LogP contribution is -2.00. The van der Waals surface area contributed by atoms with Gasteiger partial charge in [-0.15, -0.1) is 11.3 Å². The van der Waals surface area contributed by atoms with Crippen molar-refractivity contribution in [1.82, 2.24) is 15.0 Å². The zero-order valence-corrected chi connectivity index (χ0v) is 18.4. The Morgan fingerprint density at radius 3 is 2.59 bits per heavy atom. The third kappa shape index (κ3) is 3.84. The molecule has 8 heteroatoms. The third-order valence-corrected chi connectivity index (χ3v) is 6.21. The van der Waals surface area contributed by atoms with Gasteiger partial charge in [0.2, 0.25) is 0 Å². The molecule has 6 nitrogen and oxygen atoms in total. The number of hydrogen-bond acceptors (Lipinski definition) is 5. The van der Waals surface area contributed by atoms with E-state index < -0.39 is 5.97 Å². The largest absolute Gasteiger partial charge is 0.478 e. The molecule has 0 radical (unpaired) electrons. The Hall–Kier alpha value is -3.68. The number of ether oxygens (including phenoxy) is 1. The van der Waals surface area contributed by atoms with E-state index in [0.717, 1.165) is 27.2 Å². The Labute approximate surface area is 192 Å². The van der Waals surface area contributed by atoms with Gasteiger partial charge in [0.05, 0.1) is 21.6 Å². The van der Waals surface area contributed by atoms with E-state index in [4.69, 9.17) is 16.3 Å². The van der Waals surface area contributed by atoms with Crippen LogP contribution in [0.5, 0.6) is 11.8 Å². The van der Waals surface area contributed by atoms with Gasteiger partial charge in [0.1, 0.15) is 10.8 Å². The van der Waals surface area contributed by atoms with Crippen LogP contribution in [0.4, 0.5) is 0 Å². The number of aromatic carboxylic acids is 1. The normalized spacial score (nSPS) is 11.1. The number of halogens is 1. The maximum Gasteiger partial charge on any atom is 0.336 e. The van der Waals surface area contributed by atoms with Crippen LogP contribution in [0.15, 0.2) is 66.2 Å². The van der Waals surface area contributed by atoms with Crippen molar-refractivity contribution in [2.24, 2.45) is 0 Å². The van der Waals surface area contributed by atoms with E-state index in [-0.39, 0.29) is 11.6 Å². The quantitative estimate of drug-likeness (QED) is 0.300. The maximum atomic E-state index is 11.4. The SMILES string of the molecule is Cc1ccc(Oc2nc3cc(-c4ccc(-c5nccs5)cc4)c(Cl)cc3[nH]2)cc1C(=O)O. The molecule has 5 rings (SSSR count). The number of carboxylic acid groups (broad SMARTS) is 1. The number of nitrogens with zero attached hydrogens (tertiary/aromatic N) is 2. The van der Waals surface area contributed by atoms with Gasteiger partial charge in [-0.2, -0.15) is 4.98 Å². The molecule has 0 bridgehead atoms. The Morgan fingerprint density at radius 2 is 1.88 bits per heavy atom. The smallest absolute Gasteiger partial charge is 0.336 e. The fourth-order valence-corrected chi connectivity index (χ4v) is 4.36. The van der Waals surface area contributed by atoms with Crippen molar-refractivity contribution in [2.45, 2.75) is 6.92 Å². The number of benzene rings is 3. The molecule has 0 unspecified atom stereocenters. The molecule has 0 aliphatic heterocycles. The van der Waals surface area contributed by atoms with Crippen molar-refractivity contribution in [3.63, 3.8) is 0 Å². The summed E-state index contributed by atoms with van der Waals surface area (Å²) in [6, 6.07) is 16.9. The second kappa shape index (κ2) is 8.11. The first-order valence-electron chi connectivity index (χ1n) is 9.69. The molecule has 2 aromatic heterocycles. The Kier molecular flexibility index (Phi) is 5.13. The molecule has 158 valence electrons. The number of thiazole rings is 1. The number of hydrogen-bond donors (Lipinski definition) is 2. The lowest BCUT2D eigenvalue weighted by atomic mass is 10.0. The topological polar surface area (TPSA) is 88.1 Å². The molecular weight excluding hydrogens is 446 g/mol.